The van der Waals surface area contributed by atoms with Crippen LogP contribution in [0, 0.1) is 11.3 Å². The lowest BCUT2D eigenvalue weighted by atomic mass is 9.77. The highest BCUT2D eigenvalue weighted by atomic mass is 16.5. The topological polar surface area (TPSA) is 35.2 Å². The first-order valence-electron chi connectivity index (χ1n) is 5.80. The first-order chi connectivity index (χ1) is 7.47. The number of benzene rings is 1. The Kier molecular flexibility index (Phi) is 4.36. The first kappa shape index (κ1) is 13.0. The van der Waals surface area contributed by atoms with E-state index >= 15 is 0 Å². The van der Waals surface area contributed by atoms with Gasteiger partial charge in [0.25, 0.3) is 0 Å². The predicted octanol–water partition coefficient (Wildman–Crippen LogP) is 2.86. The van der Waals surface area contributed by atoms with Crippen LogP contribution in [-0.2, 0) is 6.42 Å². The van der Waals surface area contributed by atoms with Crippen LogP contribution in [0.3, 0.4) is 0 Å². The zero-order valence-corrected chi connectivity index (χ0v) is 10.8. The molecular formula is C14H23NO. The van der Waals surface area contributed by atoms with E-state index in [4.69, 9.17) is 10.5 Å². The minimum atomic E-state index is 0.248. The van der Waals surface area contributed by atoms with E-state index in [9.17, 15) is 0 Å². The Hall–Kier alpha value is -1.02. The van der Waals surface area contributed by atoms with Gasteiger partial charge in [0.2, 0.25) is 0 Å². The van der Waals surface area contributed by atoms with Crippen molar-refractivity contribution < 1.29 is 4.74 Å². The number of hydrogen-bond donors (Lipinski definition) is 1. The van der Waals surface area contributed by atoms with Crippen LogP contribution >= 0.6 is 0 Å². The van der Waals surface area contributed by atoms with Gasteiger partial charge in [-0.2, -0.15) is 0 Å². The van der Waals surface area contributed by atoms with Gasteiger partial charge in [-0.25, -0.2) is 0 Å². The van der Waals surface area contributed by atoms with Crippen molar-refractivity contribution in [2.45, 2.75) is 27.2 Å². The van der Waals surface area contributed by atoms with Crippen molar-refractivity contribution in [3.05, 3.63) is 29.8 Å². The van der Waals surface area contributed by atoms with Crippen LogP contribution in [0.5, 0.6) is 5.75 Å². The van der Waals surface area contributed by atoms with Crippen molar-refractivity contribution >= 4 is 0 Å². The van der Waals surface area contributed by atoms with Crippen LogP contribution in [0.2, 0.25) is 0 Å². The molecule has 0 amide bonds. The SMILES string of the molecule is COc1cccc(CC(CN)C(C)(C)C)c1. The molecule has 0 aliphatic carbocycles. The maximum absolute atomic E-state index is 5.85. The molecule has 0 radical (unpaired) electrons. The summed E-state index contributed by atoms with van der Waals surface area (Å²) in [5, 5.41) is 0. The second-order valence-electron chi connectivity index (χ2n) is 5.35. The lowest BCUT2D eigenvalue weighted by Crippen LogP contribution is -2.29. The monoisotopic (exact) mass is 221 g/mol. The molecule has 2 heteroatoms. The zero-order valence-electron chi connectivity index (χ0n) is 10.8. The molecule has 0 heterocycles. The van der Waals surface area contributed by atoms with E-state index in [1.165, 1.54) is 5.56 Å². The summed E-state index contributed by atoms with van der Waals surface area (Å²) >= 11 is 0. The van der Waals surface area contributed by atoms with E-state index in [-0.39, 0.29) is 5.41 Å². The van der Waals surface area contributed by atoms with E-state index in [1.54, 1.807) is 7.11 Å². The van der Waals surface area contributed by atoms with E-state index in [2.05, 4.69) is 32.9 Å². The second-order valence-corrected chi connectivity index (χ2v) is 5.35. The fourth-order valence-electron chi connectivity index (χ4n) is 1.83. The Morgan fingerprint density at radius 3 is 2.50 bits per heavy atom. The standard InChI is InChI=1S/C14H23NO/c1-14(2,3)12(10-15)8-11-6-5-7-13(9-11)16-4/h5-7,9,12H,8,10,15H2,1-4H3. The van der Waals surface area contributed by atoms with Crippen LogP contribution in [0.25, 0.3) is 0 Å². The molecule has 0 fully saturated rings. The van der Waals surface area contributed by atoms with Crippen LogP contribution in [0.4, 0.5) is 0 Å². The Bertz CT molecular complexity index is 328. The smallest absolute Gasteiger partial charge is 0.119 e. The van der Waals surface area contributed by atoms with Gasteiger partial charge < -0.3 is 10.5 Å². The fraction of sp³-hybridized carbons (Fsp3) is 0.571. The molecule has 1 atom stereocenters. The molecule has 0 spiro atoms. The number of ether oxygens (including phenoxy) is 1. The summed E-state index contributed by atoms with van der Waals surface area (Å²) in [6.07, 6.45) is 1.01. The number of rotatable bonds is 4. The lowest BCUT2D eigenvalue weighted by Gasteiger charge is -2.29. The first-order valence-corrected chi connectivity index (χ1v) is 5.80. The Morgan fingerprint density at radius 1 is 1.31 bits per heavy atom. The highest BCUT2D eigenvalue weighted by molar-refractivity contribution is 5.28. The maximum Gasteiger partial charge on any atom is 0.119 e. The van der Waals surface area contributed by atoms with Crippen molar-refractivity contribution in [1.29, 1.82) is 0 Å². The minimum Gasteiger partial charge on any atom is -0.497 e. The highest BCUT2D eigenvalue weighted by Crippen LogP contribution is 2.28. The largest absolute Gasteiger partial charge is 0.497 e. The molecule has 16 heavy (non-hydrogen) atoms. The molecule has 2 N–H and O–H groups in total. The normalized spacial score (nSPS) is 13.6. The van der Waals surface area contributed by atoms with Gasteiger partial charge in [0.1, 0.15) is 5.75 Å². The van der Waals surface area contributed by atoms with Gasteiger partial charge in [-0.1, -0.05) is 32.9 Å². The number of methoxy groups -OCH3 is 1. The quantitative estimate of drug-likeness (QED) is 0.848. The van der Waals surface area contributed by atoms with Crippen molar-refractivity contribution in [1.82, 2.24) is 0 Å². The summed E-state index contributed by atoms with van der Waals surface area (Å²) in [4.78, 5) is 0. The summed E-state index contributed by atoms with van der Waals surface area (Å²) in [5.74, 6) is 1.42. The van der Waals surface area contributed by atoms with Gasteiger partial charge in [0.05, 0.1) is 7.11 Å². The maximum atomic E-state index is 5.85. The predicted molar refractivity (Wildman–Crippen MR) is 68.7 cm³/mol. The van der Waals surface area contributed by atoms with Crippen molar-refractivity contribution in [2.75, 3.05) is 13.7 Å². The average molecular weight is 221 g/mol. The third-order valence-electron chi connectivity index (χ3n) is 3.13. The Labute approximate surface area is 98.8 Å². The summed E-state index contributed by atoms with van der Waals surface area (Å²) < 4.78 is 5.22. The molecule has 0 aliphatic heterocycles. The molecule has 0 saturated carbocycles. The van der Waals surface area contributed by atoms with Gasteiger partial charge in [-0.3, -0.25) is 0 Å². The van der Waals surface area contributed by atoms with Crippen LogP contribution in [0.1, 0.15) is 26.3 Å². The molecule has 0 aliphatic rings. The van der Waals surface area contributed by atoms with Gasteiger partial charge in [-0.05, 0) is 42.0 Å². The molecule has 1 unspecified atom stereocenters. The second kappa shape index (κ2) is 5.35. The summed E-state index contributed by atoms with van der Waals surface area (Å²) in [6.45, 7) is 7.45. The molecule has 1 rings (SSSR count). The highest BCUT2D eigenvalue weighted by Gasteiger charge is 2.23. The molecule has 0 saturated heterocycles. The van der Waals surface area contributed by atoms with E-state index in [1.807, 2.05) is 12.1 Å². The summed E-state index contributed by atoms with van der Waals surface area (Å²) in [7, 11) is 1.70. The number of nitrogens with two attached hydrogens (primary N) is 1. The fourth-order valence-corrected chi connectivity index (χ4v) is 1.83. The molecule has 0 bridgehead atoms. The molecule has 90 valence electrons. The Morgan fingerprint density at radius 2 is 2.00 bits per heavy atom. The van der Waals surface area contributed by atoms with Crippen molar-refractivity contribution in [2.24, 2.45) is 17.1 Å². The summed E-state index contributed by atoms with van der Waals surface area (Å²) in [6, 6.07) is 8.23. The minimum absolute atomic E-state index is 0.248. The molecule has 1 aromatic carbocycles. The van der Waals surface area contributed by atoms with Crippen LogP contribution in [-0.4, -0.2) is 13.7 Å². The zero-order chi connectivity index (χ0) is 12.2. The lowest BCUT2D eigenvalue weighted by molar-refractivity contribution is 0.245. The third kappa shape index (κ3) is 3.53. The average Bonchev–Trinajstić information content (AvgIpc) is 2.24. The van der Waals surface area contributed by atoms with E-state index in [0.29, 0.717) is 5.92 Å². The van der Waals surface area contributed by atoms with Crippen molar-refractivity contribution in [3.8, 4) is 5.75 Å². The van der Waals surface area contributed by atoms with Gasteiger partial charge in [-0.15, -0.1) is 0 Å². The van der Waals surface area contributed by atoms with Gasteiger partial charge in [0.15, 0.2) is 0 Å². The Balaban J connectivity index is 2.78. The van der Waals surface area contributed by atoms with Crippen molar-refractivity contribution in [3.63, 3.8) is 0 Å². The summed E-state index contributed by atoms with van der Waals surface area (Å²) in [5.41, 5.74) is 7.39. The molecule has 2 nitrogen and oxygen atoms in total. The van der Waals surface area contributed by atoms with Crippen LogP contribution in [0.15, 0.2) is 24.3 Å². The molecular weight excluding hydrogens is 198 g/mol. The van der Waals surface area contributed by atoms with Gasteiger partial charge in [0, 0.05) is 0 Å². The van der Waals surface area contributed by atoms with E-state index in [0.717, 1.165) is 18.7 Å². The molecule has 0 aromatic heterocycles. The number of hydrogen-bond acceptors (Lipinski definition) is 2. The molecule has 1 aromatic rings. The third-order valence-corrected chi connectivity index (χ3v) is 3.13. The van der Waals surface area contributed by atoms with Gasteiger partial charge >= 0.3 is 0 Å². The van der Waals surface area contributed by atoms with Crippen LogP contribution < -0.4 is 10.5 Å². The van der Waals surface area contributed by atoms with E-state index < -0.39 is 0 Å².